The minimum atomic E-state index is -0.817. The third kappa shape index (κ3) is 3.73. The Kier molecular flexibility index (Phi) is 5.58. The summed E-state index contributed by atoms with van der Waals surface area (Å²) in [7, 11) is 0. The summed E-state index contributed by atoms with van der Waals surface area (Å²) < 4.78 is 5.18. The van der Waals surface area contributed by atoms with E-state index in [1.54, 1.807) is 19.1 Å². The number of esters is 1. The molecule has 3 rings (SSSR count). The van der Waals surface area contributed by atoms with Gasteiger partial charge in [0.15, 0.2) is 5.78 Å². The van der Waals surface area contributed by atoms with Crippen LogP contribution < -0.4 is 0 Å². The normalized spacial score (nSPS) is 19.8. The number of allylic oxidation sites excluding steroid dienone is 2. The lowest BCUT2D eigenvalue weighted by molar-refractivity contribution is -0.151. The van der Waals surface area contributed by atoms with Crippen LogP contribution in [0.15, 0.2) is 54.6 Å². The standard InChI is InChI=1S/C22H21ClO3/c1-3-26-22(25)21-18(15-8-6-7-14(2)11-15)12-16(13-20(21)24)17-9-4-5-10-19(17)23/h4-11,13,18,21H,3,12H2,1-2H3. The lowest BCUT2D eigenvalue weighted by atomic mass is 9.73. The molecule has 2 unspecified atom stereocenters. The predicted octanol–water partition coefficient (Wildman–Crippen LogP) is 4.97. The molecule has 4 heteroatoms. The highest BCUT2D eigenvalue weighted by atomic mass is 35.5. The van der Waals surface area contributed by atoms with Gasteiger partial charge >= 0.3 is 5.97 Å². The average molecular weight is 369 g/mol. The largest absolute Gasteiger partial charge is 0.465 e. The van der Waals surface area contributed by atoms with Gasteiger partial charge in [0.2, 0.25) is 0 Å². The Morgan fingerprint density at radius 3 is 2.65 bits per heavy atom. The Morgan fingerprint density at radius 1 is 1.19 bits per heavy atom. The number of hydrogen-bond donors (Lipinski definition) is 0. The second kappa shape index (κ2) is 7.88. The summed E-state index contributed by atoms with van der Waals surface area (Å²) >= 11 is 6.33. The van der Waals surface area contributed by atoms with Crippen LogP contribution in [0.1, 0.15) is 36.0 Å². The summed E-state index contributed by atoms with van der Waals surface area (Å²) in [6.45, 7) is 4.00. The summed E-state index contributed by atoms with van der Waals surface area (Å²) in [6.07, 6.45) is 2.11. The molecule has 0 amide bonds. The van der Waals surface area contributed by atoms with Crippen molar-refractivity contribution in [1.82, 2.24) is 0 Å². The molecule has 1 aliphatic rings. The van der Waals surface area contributed by atoms with Crippen molar-refractivity contribution in [2.24, 2.45) is 5.92 Å². The molecule has 2 aromatic carbocycles. The second-order valence-corrected chi connectivity index (χ2v) is 6.91. The quantitative estimate of drug-likeness (QED) is 0.565. The Labute approximate surface area is 158 Å². The molecular formula is C22H21ClO3. The number of rotatable bonds is 4. The molecular weight excluding hydrogens is 348 g/mol. The molecule has 2 atom stereocenters. The number of ether oxygens (including phenoxy) is 1. The molecule has 0 heterocycles. The van der Waals surface area contributed by atoms with Crippen molar-refractivity contribution in [3.8, 4) is 0 Å². The van der Waals surface area contributed by atoms with Gasteiger partial charge in [-0.1, -0.05) is 59.6 Å². The van der Waals surface area contributed by atoms with Gasteiger partial charge in [0, 0.05) is 10.9 Å². The zero-order chi connectivity index (χ0) is 18.7. The second-order valence-electron chi connectivity index (χ2n) is 6.51. The zero-order valence-corrected chi connectivity index (χ0v) is 15.6. The van der Waals surface area contributed by atoms with Gasteiger partial charge in [0.25, 0.3) is 0 Å². The minimum absolute atomic E-state index is 0.226. The van der Waals surface area contributed by atoms with E-state index in [4.69, 9.17) is 16.3 Å². The van der Waals surface area contributed by atoms with Gasteiger partial charge in [-0.3, -0.25) is 9.59 Å². The van der Waals surface area contributed by atoms with Crippen LogP contribution in [-0.4, -0.2) is 18.4 Å². The number of halogens is 1. The fourth-order valence-electron chi connectivity index (χ4n) is 3.51. The summed E-state index contributed by atoms with van der Waals surface area (Å²) in [6, 6.07) is 15.4. The van der Waals surface area contributed by atoms with Crippen molar-refractivity contribution in [3.05, 3.63) is 76.3 Å². The maximum atomic E-state index is 12.9. The first-order valence-corrected chi connectivity index (χ1v) is 9.11. The lowest BCUT2D eigenvalue weighted by Gasteiger charge is -2.30. The topological polar surface area (TPSA) is 43.4 Å². The Morgan fingerprint density at radius 2 is 1.96 bits per heavy atom. The summed E-state index contributed by atoms with van der Waals surface area (Å²) in [5, 5.41) is 0.601. The van der Waals surface area contributed by atoms with Gasteiger partial charge in [-0.2, -0.15) is 0 Å². The summed E-state index contributed by atoms with van der Waals surface area (Å²) in [5.41, 5.74) is 3.75. The van der Waals surface area contributed by atoms with Gasteiger partial charge in [-0.05, 0) is 49.1 Å². The molecule has 0 fully saturated rings. The number of carbonyl (C=O) groups excluding carboxylic acids is 2. The number of aryl methyl sites for hydroxylation is 1. The van der Waals surface area contributed by atoms with Crippen LogP contribution in [0.3, 0.4) is 0 Å². The van der Waals surface area contributed by atoms with Crippen LogP contribution in [0, 0.1) is 12.8 Å². The van der Waals surface area contributed by atoms with E-state index < -0.39 is 11.9 Å². The maximum absolute atomic E-state index is 12.9. The molecule has 3 nitrogen and oxygen atoms in total. The third-order valence-electron chi connectivity index (χ3n) is 4.70. The first-order chi connectivity index (χ1) is 12.5. The molecule has 0 aromatic heterocycles. The third-order valence-corrected chi connectivity index (χ3v) is 5.03. The van der Waals surface area contributed by atoms with E-state index in [-0.39, 0.29) is 18.3 Å². The molecule has 0 N–H and O–H groups in total. The summed E-state index contributed by atoms with van der Waals surface area (Å²) in [4.78, 5) is 25.3. The molecule has 0 saturated heterocycles. The van der Waals surface area contributed by atoms with E-state index in [9.17, 15) is 9.59 Å². The van der Waals surface area contributed by atoms with Crippen LogP contribution in [0.5, 0.6) is 0 Å². The van der Waals surface area contributed by atoms with E-state index in [0.717, 1.165) is 22.3 Å². The predicted molar refractivity (Wildman–Crippen MR) is 103 cm³/mol. The number of benzene rings is 2. The lowest BCUT2D eigenvalue weighted by Crippen LogP contribution is -2.34. The van der Waals surface area contributed by atoms with Crippen molar-refractivity contribution in [1.29, 1.82) is 0 Å². The van der Waals surface area contributed by atoms with E-state index in [2.05, 4.69) is 0 Å². The van der Waals surface area contributed by atoms with Crippen molar-refractivity contribution in [2.75, 3.05) is 6.61 Å². The molecule has 0 saturated carbocycles. The highest BCUT2D eigenvalue weighted by Gasteiger charge is 2.40. The van der Waals surface area contributed by atoms with E-state index in [1.165, 1.54) is 0 Å². The Balaban J connectivity index is 2.06. The molecule has 2 aromatic rings. The van der Waals surface area contributed by atoms with Crippen molar-refractivity contribution >= 4 is 28.9 Å². The fourth-order valence-corrected chi connectivity index (χ4v) is 3.76. The van der Waals surface area contributed by atoms with Crippen LogP contribution in [0.4, 0.5) is 0 Å². The maximum Gasteiger partial charge on any atom is 0.317 e. The SMILES string of the molecule is CCOC(=O)C1C(=O)C=C(c2ccccc2Cl)CC1c1cccc(C)c1. The molecule has 134 valence electrons. The molecule has 0 radical (unpaired) electrons. The first kappa shape index (κ1) is 18.4. The Hall–Kier alpha value is -2.39. The van der Waals surface area contributed by atoms with Gasteiger partial charge in [0.1, 0.15) is 5.92 Å². The highest BCUT2D eigenvalue weighted by molar-refractivity contribution is 6.32. The first-order valence-electron chi connectivity index (χ1n) is 8.73. The van der Waals surface area contributed by atoms with Gasteiger partial charge in [-0.15, -0.1) is 0 Å². The fraction of sp³-hybridized carbons (Fsp3) is 0.273. The summed E-state index contributed by atoms with van der Waals surface area (Å²) in [5.74, 6) is -1.77. The number of hydrogen-bond acceptors (Lipinski definition) is 3. The van der Waals surface area contributed by atoms with Crippen LogP contribution in [0.25, 0.3) is 5.57 Å². The number of carbonyl (C=O) groups is 2. The van der Waals surface area contributed by atoms with E-state index in [0.29, 0.717) is 11.4 Å². The van der Waals surface area contributed by atoms with Crippen LogP contribution in [0.2, 0.25) is 5.02 Å². The smallest absolute Gasteiger partial charge is 0.317 e. The monoisotopic (exact) mass is 368 g/mol. The zero-order valence-electron chi connectivity index (χ0n) is 14.9. The van der Waals surface area contributed by atoms with Crippen molar-refractivity contribution in [3.63, 3.8) is 0 Å². The van der Waals surface area contributed by atoms with Gasteiger partial charge < -0.3 is 4.74 Å². The average Bonchev–Trinajstić information content (AvgIpc) is 2.61. The van der Waals surface area contributed by atoms with Crippen LogP contribution >= 0.6 is 11.6 Å². The van der Waals surface area contributed by atoms with Crippen molar-refractivity contribution in [2.45, 2.75) is 26.2 Å². The highest BCUT2D eigenvalue weighted by Crippen LogP contribution is 2.41. The van der Waals surface area contributed by atoms with E-state index in [1.807, 2.05) is 49.4 Å². The van der Waals surface area contributed by atoms with E-state index >= 15 is 0 Å². The molecule has 0 bridgehead atoms. The van der Waals surface area contributed by atoms with Crippen molar-refractivity contribution < 1.29 is 14.3 Å². The van der Waals surface area contributed by atoms with Gasteiger partial charge in [-0.25, -0.2) is 0 Å². The Bertz CT molecular complexity index is 869. The van der Waals surface area contributed by atoms with Gasteiger partial charge in [0.05, 0.1) is 6.61 Å². The minimum Gasteiger partial charge on any atom is -0.465 e. The molecule has 1 aliphatic carbocycles. The molecule has 26 heavy (non-hydrogen) atoms. The number of ketones is 1. The van der Waals surface area contributed by atoms with Crippen LogP contribution in [-0.2, 0) is 14.3 Å². The molecule has 0 aliphatic heterocycles. The molecule has 0 spiro atoms.